The van der Waals surface area contributed by atoms with Gasteiger partial charge in [-0.3, -0.25) is 33.3 Å². The molecule has 2 fully saturated rings. The number of hydrogen-bond acceptors (Lipinski definition) is 15. The zero-order chi connectivity index (χ0) is 65.0. The quantitative estimate of drug-likeness (QED) is 0.0313. The first kappa shape index (κ1) is 78.0. The molecule has 19 heteroatoms. The molecule has 2 saturated heterocycles. The lowest BCUT2D eigenvalue weighted by Gasteiger charge is -2.22. The Hall–Kier alpha value is -6.09. The number of halogens is 2. The van der Waals surface area contributed by atoms with E-state index in [0.717, 1.165) is 96.4 Å². The standard InChI is InChI=1S/C18H24O4.C13H17ClO2.C13H16O3.C8H9ClO.C7H8O3S.C5H8O2.C5H8O/c1-14(19)12-17(20)10-9-15-5-7-16(8-6-15)13-22-18-4-2-3-11-21-18;14-9-11-4-6-12(7-5-11)10-16-13-3-1-2-8-15-13;1-10(15)8-13(16)7-6-11-2-4-12(9-14)5-3-11;9-5-7-1-3-8(6-10)4-2-7;1-6-2-4-7(5-3-6)11(8,9)10;1-4(6)3-5(2)7;1-2-4-6-5-3-1/h5-8,18H,2-4,9-13H2,1H3;4-7,13H,1-3,8-10H2;2-5,14H,6-9H2,1H3;1-4,10H,5-6H2;2-5H,1H3,(H,8,9,10);3H2,1-2H3;2,4H,1,3,5H2. The second kappa shape index (κ2) is 46.9. The molecule has 0 bridgehead atoms. The van der Waals surface area contributed by atoms with Gasteiger partial charge >= 0.3 is 0 Å². The van der Waals surface area contributed by atoms with Crippen LogP contribution in [0.5, 0.6) is 0 Å². The van der Waals surface area contributed by atoms with Crippen LogP contribution in [0, 0.1) is 6.92 Å². The van der Waals surface area contributed by atoms with Gasteiger partial charge in [0, 0.05) is 37.8 Å². The van der Waals surface area contributed by atoms with Crippen molar-refractivity contribution in [3.8, 4) is 0 Å². The second-order valence-electron chi connectivity index (χ2n) is 21.2. The summed E-state index contributed by atoms with van der Waals surface area (Å²) in [4.78, 5) is 64.4. The zero-order valence-corrected chi connectivity index (χ0v) is 54.0. The Balaban J connectivity index is 0.000000363. The highest BCUT2D eigenvalue weighted by Crippen LogP contribution is 2.19. The van der Waals surface area contributed by atoms with E-state index in [9.17, 15) is 37.2 Å². The number of carbonyl (C=O) groups excluding carboxylic acids is 6. The fraction of sp³-hybridized carbons (Fsp3) is 0.449. The monoisotopic (exact) mass is 1280 g/mol. The third-order valence-corrected chi connectivity index (χ3v) is 14.3. The summed E-state index contributed by atoms with van der Waals surface area (Å²) < 4.78 is 56.9. The Bertz CT molecular complexity index is 2860. The Morgan fingerprint density at radius 1 is 0.489 bits per heavy atom. The number of ketones is 6. The van der Waals surface area contributed by atoms with Crippen LogP contribution < -0.4 is 0 Å². The van der Waals surface area contributed by atoms with E-state index in [1.165, 1.54) is 64.7 Å². The Morgan fingerprint density at radius 2 is 0.852 bits per heavy atom. The van der Waals surface area contributed by atoms with E-state index in [1.807, 2.05) is 97.9 Å². The Labute approximate surface area is 531 Å². The van der Waals surface area contributed by atoms with Crippen molar-refractivity contribution < 1.29 is 75.6 Å². The lowest BCUT2D eigenvalue weighted by atomic mass is 10.0. The number of hydrogen-bond donors (Lipinski definition) is 3. The van der Waals surface area contributed by atoms with Gasteiger partial charge in [0.05, 0.1) is 63.5 Å². The third kappa shape index (κ3) is 39.7. The van der Waals surface area contributed by atoms with Gasteiger partial charge in [-0.2, -0.15) is 8.42 Å². The molecule has 0 spiro atoms. The summed E-state index contributed by atoms with van der Waals surface area (Å²) in [5.74, 6) is 0.814. The van der Waals surface area contributed by atoms with E-state index in [1.54, 1.807) is 18.4 Å². The van der Waals surface area contributed by atoms with Crippen molar-refractivity contribution >= 4 is 68.0 Å². The molecule has 0 aliphatic carbocycles. The van der Waals surface area contributed by atoms with Gasteiger partial charge in [0.2, 0.25) is 0 Å². The van der Waals surface area contributed by atoms with Gasteiger partial charge in [-0.15, -0.1) is 23.2 Å². The van der Waals surface area contributed by atoms with Crippen molar-refractivity contribution in [2.45, 2.75) is 187 Å². The first-order chi connectivity index (χ1) is 42.1. The highest BCUT2D eigenvalue weighted by Gasteiger charge is 2.16. The molecule has 5 aromatic rings. The van der Waals surface area contributed by atoms with Crippen LogP contribution in [-0.4, -0.2) is 90.3 Å². The van der Waals surface area contributed by atoms with Gasteiger partial charge in [0.15, 0.2) is 12.6 Å². The van der Waals surface area contributed by atoms with Crippen LogP contribution >= 0.6 is 23.2 Å². The van der Waals surface area contributed by atoms with E-state index in [4.69, 9.17) is 61.7 Å². The molecule has 3 N–H and O–H groups in total. The maximum Gasteiger partial charge on any atom is 0.294 e. The van der Waals surface area contributed by atoms with Crippen LogP contribution in [0.1, 0.15) is 161 Å². The molecule has 3 aliphatic rings. The van der Waals surface area contributed by atoms with Crippen molar-refractivity contribution in [2.24, 2.45) is 0 Å². The topological polar surface area (TPSA) is 243 Å². The van der Waals surface area contributed by atoms with Crippen molar-refractivity contribution in [3.63, 3.8) is 0 Å². The Kier molecular flexibility index (Phi) is 41.6. The van der Waals surface area contributed by atoms with Gasteiger partial charge in [-0.1, -0.05) is 115 Å². The lowest BCUT2D eigenvalue weighted by molar-refractivity contribution is -0.169. The summed E-state index contributed by atoms with van der Waals surface area (Å²) >= 11 is 11.3. The number of Topliss-reactive ketones (excluding diaryl/α,β-unsaturated/α-hetero) is 6. The number of rotatable bonds is 23. The van der Waals surface area contributed by atoms with Crippen molar-refractivity contribution in [3.05, 3.63) is 184 Å². The van der Waals surface area contributed by atoms with Crippen molar-refractivity contribution in [1.82, 2.24) is 0 Å². The predicted molar refractivity (Wildman–Crippen MR) is 342 cm³/mol. The predicted octanol–water partition coefficient (Wildman–Crippen LogP) is 13.4. The summed E-state index contributed by atoms with van der Waals surface area (Å²) in [5.41, 5.74) is 9.39. The minimum atomic E-state index is -4.02. The first-order valence-electron chi connectivity index (χ1n) is 29.6. The number of aliphatic hydroxyl groups excluding tert-OH is 2. The molecule has 0 saturated carbocycles. The number of alkyl halides is 2. The summed E-state index contributed by atoms with van der Waals surface area (Å²) in [6.07, 6.45) is 15.1. The number of allylic oxidation sites excluding steroid dienone is 1. The average Bonchev–Trinajstić information content (AvgIpc) is 3.55. The van der Waals surface area contributed by atoms with E-state index in [0.29, 0.717) is 50.7 Å². The molecule has 88 heavy (non-hydrogen) atoms. The van der Waals surface area contributed by atoms with Crippen LogP contribution in [0.3, 0.4) is 0 Å². The summed E-state index contributed by atoms with van der Waals surface area (Å²) in [7, 11) is -4.02. The highest BCUT2D eigenvalue weighted by molar-refractivity contribution is 7.85. The van der Waals surface area contributed by atoms with E-state index in [-0.39, 0.29) is 84.7 Å². The molecule has 5 aromatic carbocycles. The second-order valence-corrected chi connectivity index (χ2v) is 23.1. The molecular weight excluding hydrogens is 1190 g/mol. The molecule has 3 heterocycles. The summed E-state index contributed by atoms with van der Waals surface area (Å²) in [6.45, 7) is 11.4. The zero-order valence-electron chi connectivity index (χ0n) is 51.6. The Morgan fingerprint density at radius 3 is 1.11 bits per heavy atom. The first-order valence-corrected chi connectivity index (χ1v) is 32.1. The van der Waals surface area contributed by atoms with Gasteiger partial charge < -0.3 is 33.9 Å². The average molecular weight is 1280 g/mol. The van der Waals surface area contributed by atoms with Gasteiger partial charge in [0.1, 0.15) is 34.7 Å². The molecule has 0 radical (unpaired) electrons. The minimum absolute atomic E-state index is 0.00866. The third-order valence-electron chi connectivity index (χ3n) is 12.8. The highest BCUT2D eigenvalue weighted by atomic mass is 35.5. The van der Waals surface area contributed by atoms with E-state index >= 15 is 0 Å². The molecule has 3 aliphatic heterocycles. The molecule has 0 amide bonds. The van der Waals surface area contributed by atoms with Crippen LogP contribution in [0.2, 0.25) is 0 Å². The van der Waals surface area contributed by atoms with Crippen molar-refractivity contribution in [1.29, 1.82) is 0 Å². The van der Waals surface area contributed by atoms with Gasteiger partial charge in [-0.25, -0.2) is 0 Å². The van der Waals surface area contributed by atoms with Gasteiger partial charge in [-0.05, 0) is 162 Å². The van der Waals surface area contributed by atoms with Crippen LogP contribution in [0.15, 0.2) is 139 Å². The number of benzene rings is 5. The molecular formula is C69H90Cl2O16S. The SMILES string of the molecule is C1=COCCC1.CC(=O)CC(=O)CCc1ccc(CO)cc1.CC(=O)CC(=O)CCc1ccc(COC2CCCCO2)cc1.CC(=O)CC(C)=O.Cc1ccc(S(=O)(=O)O)cc1.ClCc1ccc(COC2CCCCO2)cc1.OCc1ccc(CCl)cc1. The van der Waals surface area contributed by atoms with Crippen LogP contribution in [-0.2, 0) is 114 Å². The largest absolute Gasteiger partial charge is 0.502 e. The molecule has 2 atom stereocenters. The molecule has 482 valence electrons. The number of aryl methyl sites for hydroxylation is 3. The maximum atomic E-state index is 11.5. The summed E-state index contributed by atoms with van der Waals surface area (Å²) in [6, 6.07) is 37.3. The molecule has 2 unspecified atom stereocenters. The molecule has 8 rings (SSSR count). The fourth-order valence-corrected chi connectivity index (χ4v) is 8.82. The summed E-state index contributed by atoms with van der Waals surface area (Å²) in [5, 5.41) is 17.5. The molecule has 16 nitrogen and oxygen atoms in total. The number of ether oxygens (including phenoxy) is 5. The maximum absolute atomic E-state index is 11.5. The number of aliphatic hydroxyl groups is 2. The number of carbonyl (C=O) groups is 6. The van der Waals surface area contributed by atoms with E-state index in [2.05, 4.69) is 12.1 Å². The minimum Gasteiger partial charge on any atom is -0.502 e. The van der Waals surface area contributed by atoms with Gasteiger partial charge in [0.25, 0.3) is 10.1 Å². The van der Waals surface area contributed by atoms with E-state index < -0.39 is 10.1 Å². The smallest absolute Gasteiger partial charge is 0.294 e. The normalized spacial score (nSPS) is 14.8. The van der Waals surface area contributed by atoms with Crippen molar-refractivity contribution in [2.75, 3.05) is 19.8 Å². The van der Waals surface area contributed by atoms with Crippen LogP contribution in [0.25, 0.3) is 0 Å². The fourth-order valence-electron chi connectivity index (χ4n) is 7.98. The lowest BCUT2D eigenvalue weighted by Crippen LogP contribution is -2.21. The van der Waals surface area contributed by atoms with Crippen LogP contribution in [0.4, 0.5) is 0 Å². The molecule has 0 aromatic heterocycles.